The predicted molar refractivity (Wildman–Crippen MR) is 98.4 cm³/mol. The molecule has 0 unspecified atom stereocenters. The number of halogens is 1. The number of carbonyl (C=O) groups is 1. The van der Waals surface area contributed by atoms with Crippen molar-refractivity contribution in [1.82, 2.24) is 5.32 Å². The molecule has 1 aliphatic carbocycles. The highest BCUT2D eigenvalue weighted by Gasteiger charge is 2.38. The molecule has 2 aromatic rings. The minimum Gasteiger partial charge on any atom is -0.493 e. The number of nitrogens with one attached hydrogen (secondary N) is 1. The zero-order valence-electron chi connectivity index (χ0n) is 14.4. The van der Waals surface area contributed by atoms with E-state index in [1.165, 1.54) is 7.11 Å². The van der Waals surface area contributed by atoms with Gasteiger partial charge in [-0.25, -0.2) is 0 Å². The van der Waals surface area contributed by atoms with Crippen LogP contribution in [0.2, 0.25) is 5.02 Å². The van der Waals surface area contributed by atoms with Gasteiger partial charge in [0.15, 0.2) is 11.5 Å². The quantitative estimate of drug-likeness (QED) is 0.830. The Morgan fingerprint density at radius 3 is 2.65 bits per heavy atom. The molecule has 0 spiro atoms. The van der Waals surface area contributed by atoms with Crippen LogP contribution in [0.4, 0.5) is 0 Å². The van der Waals surface area contributed by atoms with Gasteiger partial charge in [-0.1, -0.05) is 29.8 Å². The van der Waals surface area contributed by atoms with Crippen molar-refractivity contribution in [2.24, 2.45) is 0 Å². The molecule has 1 aliphatic rings. The van der Waals surface area contributed by atoms with E-state index in [2.05, 4.69) is 11.4 Å². The van der Waals surface area contributed by atoms with E-state index < -0.39 is 5.54 Å². The maximum atomic E-state index is 12.4. The van der Waals surface area contributed by atoms with Crippen LogP contribution in [0, 0.1) is 11.3 Å². The Kier molecular flexibility index (Phi) is 5.34. The van der Waals surface area contributed by atoms with Crippen LogP contribution >= 0.6 is 11.6 Å². The monoisotopic (exact) mass is 370 g/mol. The second-order valence-electron chi connectivity index (χ2n) is 6.25. The van der Waals surface area contributed by atoms with E-state index in [0.29, 0.717) is 41.5 Å². The van der Waals surface area contributed by atoms with Crippen molar-refractivity contribution in [1.29, 1.82) is 5.26 Å². The normalized spacial score (nSPS) is 14.7. The molecule has 0 aliphatic heterocycles. The van der Waals surface area contributed by atoms with Crippen molar-refractivity contribution >= 4 is 17.5 Å². The predicted octanol–water partition coefficient (Wildman–Crippen LogP) is 4.10. The topological polar surface area (TPSA) is 71.3 Å². The average molecular weight is 371 g/mol. The van der Waals surface area contributed by atoms with Gasteiger partial charge in [0.1, 0.15) is 12.1 Å². The fourth-order valence-electron chi connectivity index (χ4n) is 2.78. The fourth-order valence-corrected chi connectivity index (χ4v) is 2.97. The molecule has 0 radical (unpaired) electrons. The minimum atomic E-state index is -0.733. The van der Waals surface area contributed by atoms with Crippen molar-refractivity contribution in [3.05, 3.63) is 58.6 Å². The largest absolute Gasteiger partial charge is 0.493 e. The number of nitriles is 1. The van der Waals surface area contributed by atoms with Crippen molar-refractivity contribution < 1.29 is 14.3 Å². The SMILES string of the molecule is COc1cc(C(=O)NC2(C#N)CCC2)ccc1OCc1ccccc1Cl. The molecule has 0 saturated heterocycles. The Labute approximate surface area is 157 Å². The van der Waals surface area contributed by atoms with Gasteiger partial charge in [0.25, 0.3) is 5.91 Å². The maximum absolute atomic E-state index is 12.4. The number of amides is 1. The molecule has 26 heavy (non-hydrogen) atoms. The number of benzene rings is 2. The Balaban J connectivity index is 1.72. The summed E-state index contributed by atoms with van der Waals surface area (Å²) >= 11 is 6.13. The van der Waals surface area contributed by atoms with Gasteiger partial charge in [-0.15, -0.1) is 0 Å². The Bertz CT molecular complexity index is 856. The lowest BCUT2D eigenvalue weighted by Crippen LogP contribution is -2.52. The molecule has 1 saturated carbocycles. The van der Waals surface area contributed by atoms with E-state index in [0.717, 1.165) is 12.0 Å². The van der Waals surface area contributed by atoms with Crippen molar-refractivity contribution in [3.63, 3.8) is 0 Å². The van der Waals surface area contributed by atoms with Gasteiger partial charge in [0, 0.05) is 16.1 Å². The van der Waals surface area contributed by atoms with Crippen LogP contribution in [0.15, 0.2) is 42.5 Å². The van der Waals surface area contributed by atoms with Crippen molar-refractivity contribution in [2.75, 3.05) is 7.11 Å². The summed E-state index contributed by atoms with van der Waals surface area (Å²) in [6, 6.07) is 14.6. The lowest BCUT2D eigenvalue weighted by molar-refractivity contribution is 0.0881. The second-order valence-corrected chi connectivity index (χ2v) is 6.65. The number of methoxy groups -OCH3 is 1. The van der Waals surface area contributed by atoms with E-state index in [9.17, 15) is 10.1 Å². The van der Waals surface area contributed by atoms with E-state index >= 15 is 0 Å². The molecule has 1 fully saturated rings. The molecule has 0 aromatic heterocycles. The summed E-state index contributed by atoms with van der Waals surface area (Å²) < 4.78 is 11.1. The summed E-state index contributed by atoms with van der Waals surface area (Å²) in [6.07, 6.45) is 2.32. The Hall–Kier alpha value is -2.71. The Morgan fingerprint density at radius 2 is 2.04 bits per heavy atom. The zero-order chi connectivity index (χ0) is 18.6. The van der Waals surface area contributed by atoms with E-state index in [-0.39, 0.29) is 5.91 Å². The molecule has 3 rings (SSSR count). The first kappa shape index (κ1) is 18.1. The average Bonchev–Trinajstić information content (AvgIpc) is 2.63. The van der Waals surface area contributed by atoms with Gasteiger partial charge < -0.3 is 14.8 Å². The Morgan fingerprint density at radius 1 is 1.27 bits per heavy atom. The highest BCUT2D eigenvalue weighted by Crippen LogP contribution is 2.33. The highest BCUT2D eigenvalue weighted by atomic mass is 35.5. The molecule has 0 heterocycles. The van der Waals surface area contributed by atoms with Crippen LogP contribution in [0.1, 0.15) is 35.2 Å². The minimum absolute atomic E-state index is 0.290. The van der Waals surface area contributed by atoms with Crippen LogP contribution in [-0.4, -0.2) is 18.6 Å². The molecule has 6 heteroatoms. The molecule has 2 aromatic carbocycles. The smallest absolute Gasteiger partial charge is 0.252 e. The third-order valence-corrected chi connectivity index (χ3v) is 4.91. The van der Waals surface area contributed by atoms with Crippen LogP contribution in [0.25, 0.3) is 0 Å². The molecule has 0 atom stereocenters. The number of hydrogen-bond acceptors (Lipinski definition) is 4. The van der Waals surface area contributed by atoms with Crippen LogP contribution in [0.5, 0.6) is 11.5 Å². The molecule has 5 nitrogen and oxygen atoms in total. The highest BCUT2D eigenvalue weighted by molar-refractivity contribution is 6.31. The number of hydrogen-bond donors (Lipinski definition) is 1. The summed E-state index contributed by atoms with van der Waals surface area (Å²) in [4.78, 5) is 12.4. The number of carbonyl (C=O) groups excluding carboxylic acids is 1. The first-order chi connectivity index (χ1) is 12.6. The van der Waals surface area contributed by atoms with Gasteiger partial charge in [0.05, 0.1) is 13.2 Å². The lowest BCUT2D eigenvalue weighted by Gasteiger charge is -2.35. The summed E-state index contributed by atoms with van der Waals surface area (Å²) in [5.74, 6) is 0.675. The van der Waals surface area contributed by atoms with Crippen LogP contribution in [0.3, 0.4) is 0 Å². The first-order valence-electron chi connectivity index (χ1n) is 8.35. The van der Waals surface area contributed by atoms with E-state index in [1.807, 2.05) is 18.2 Å². The van der Waals surface area contributed by atoms with E-state index in [4.69, 9.17) is 21.1 Å². The van der Waals surface area contributed by atoms with Gasteiger partial charge in [0.2, 0.25) is 0 Å². The standard InChI is InChI=1S/C20H19ClN2O3/c1-25-18-11-14(19(24)23-20(13-22)9-4-10-20)7-8-17(18)26-12-15-5-2-3-6-16(15)21/h2-3,5-8,11H,4,9-10,12H2,1H3,(H,23,24). The summed E-state index contributed by atoms with van der Waals surface area (Å²) in [5.41, 5.74) is 0.552. The van der Waals surface area contributed by atoms with Gasteiger partial charge in [-0.2, -0.15) is 5.26 Å². The van der Waals surface area contributed by atoms with E-state index in [1.54, 1.807) is 24.3 Å². The summed E-state index contributed by atoms with van der Waals surface area (Å²) in [5, 5.41) is 12.7. The summed E-state index contributed by atoms with van der Waals surface area (Å²) in [6.45, 7) is 0.291. The van der Waals surface area contributed by atoms with Crippen molar-refractivity contribution in [3.8, 4) is 17.6 Å². The third-order valence-electron chi connectivity index (χ3n) is 4.54. The maximum Gasteiger partial charge on any atom is 0.252 e. The number of ether oxygens (including phenoxy) is 2. The van der Waals surface area contributed by atoms with Gasteiger partial charge >= 0.3 is 0 Å². The van der Waals surface area contributed by atoms with Gasteiger partial charge in [-0.05, 0) is 43.5 Å². The number of nitrogens with zero attached hydrogens (tertiary/aromatic N) is 1. The first-order valence-corrected chi connectivity index (χ1v) is 8.73. The van der Waals surface area contributed by atoms with Crippen LogP contribution in [-0.2, 0) is 6.61 Å². The van der Waals surface area contributed by atoms with Crippen molar-refractivity contribution in [2.45, 2.75) is 31.4 Å². The zero-order valence-corrected chi connectivity index (χ0v) is 15.2. The molecular weight excluding hydrogens is 352 g/mol. The molecule has 1 N–H and O–H groups in total. The molecule has 0 bridgehead atoms. The molecule has 134 valence electrons. The third kappa shape index (κ3) is 3.76. The summed E-state index contributed by atoms with van der Waals surface area (Å²) in [7, 11) is 1.52. The fraction of sp³-hybridized carbons (Fsp3) is 0.300. The van der Waals surface area contributed by atoms with Gasteiger partial charge in [-0.3, -0.25) is 4.79 Å². The second kappa shape index (κ2) is 7.67. The van der Waals surface area contributed by atoms with Crippen LogP contribution < -0.4 is 14.8 Å². The lowest BCUT2D eigenvalue weighted by atomic mass is 9.78. The molecule has 1 amide bonds. The number of rotatable bonds is 6. The molecular formula is C20H19ClN2O3.